The second-order valence-electron chi connectivity index (χ2n) is 6.08. The average Bonchev–Trinajstić information content (AvgIpc) is 3.12. The lowest BCUT2D eigenvalue weighted by molar-refractivity contribution is 0.0937. The lowest BCUT2D eigenvalue weighted by Crippen LogP contribution is -2.30. The summed E-state index contributed by atoms with van der Waals surface area (Å²) in [6.45, 7) is 0. The van der Waals surface area contributed by atoms with Crippen LogP contribution >= 0.6 is 11.3 Å². The van der Waals surface area contributed by atoms with Crippen molar-refractivity contribution in [1.82, 2.24) is 15.3 Å². The van der Waals surface area contributed by atoms with Crippen LogP contribution in [0.4, 0.5) is 5.95 Å². The van der Waals surface area contributed by atoms with Gasteiger partial charge in [0, 0.05) is 6.20 Å². The van der Waals surface area contributed by atoms with Gasteiger partial charge in [-0.15, -0.1) is 11.3 Å². The predicted octanol–water partition coefficient (Wildman–Crippen LogP) is 3.59. The van der Waals surface area contributed by atoms with Gasteiger partial charge in [0.05, 0.1) is 21.5 Å². The number of aryl methyl sites for hydroxylation is 1. The van der Waals surface area contributed by atoms with E-state index in [0.29, 0.717) is 4.88 Å². The second kappa shape index (κ2) is 6.64. The zero-order valence-corrected chi connectivity index (χ0v) is 14.4. The highest BCUT2D eigenvalue weighted by Crippen LogP contribution is 2.31. The third-order valence-corrected chi connectivity index (χ3v) is 5.54. The number of nitrogens with zero attached hydrogens (tertiary/aromatic N) is 2. The third kappa shape index (κ3) is 3.25. The molecule has 4 rings (SSSR count). The smallest absolute Gasteiger partial charge is 0.261 e. The number of fused-ring (bicyclic) bond motifs is 1. The molecule has 0 unspecified atom stereocenters. The summed E-state index contributed by atoms with van der Waals surface area (Å²) in [4.78, 5) is 22.4. The highest BCUT2D eigenvalue weighted by Gasteiger charge is 2.22. The molecule has 25 heavy (non-hydrogen) atoms. The summed E-state index contributed by atoms with van der Waals surface area (Å²) in [7, 11) is 0. The van der Waals surface area contributed by atoms with Crippen molar-refractivity contribution in [3.8, 4) is 10.6 Å². The van der Waals surface area contributed by atoms with Crippen molar-refractivity contribution in [2.24, 2.45) is 0 Å². The van der Waals surface area contributed by atoms with Crippen LogP contribution in [0.5, 0.6) is 0 Å². The van der Waals surface area contributed by atoms with Crippen molar-refractivity contribution < 1.29 is 4.79 Å². The molecule has 1 aromatic carbocycles. The number of benzene rings is 1. The van der Waals surface area contributed by atoms with Crippen molar-refractivity contribution in [3.05, 3.63) is 64.7 Å². The summed E-state index contributed by atoms with van der Waals surface area (Å²) in [5.41, 5.74) is 8.94. The van der Waals surface area contributed by atoms with E-state index in [-0.39, 0.29) is 17.9 Å². The molecular formula is C19H18N4OS. The summed E-state index contributed by atoms with van der Waals surface area (Å²) in [6.07, 6.45) is 4.78. The first kappa shape index (κ1) is 15.8. The van der Waals surface area contributed by atoms with Gasteiger partial charge >= 0.3 is 0 Å². The van der Waals surface area contributed by atoms with Crippen LogP contribution in [0.25, 0.3) is 10.6 Å². The van der Waals surface area contributed by atoms with Gasteiger partial charge in [0.2, 0.25) is 5.95 Å². The quantitative estimate of drug-likeness (QED) is 0.756. The minimum Gasteiger partial charge on any atom is -0.368 e. The molecule has 0 bridgehead atoms. The van der Waals surface area contributed by atoms with E-state index in [4.69, 9.17) is 5.73 Å². The summed E-state index contributed by atoms with van der Waals surface area (Å²) in [5, 5.41) is 3.18. The van der Waals surface area contributed by atoms with Crippen LogP contribution in [0.2, 0.25) is 0 Å². The van der Waals surface area contributed by atoms with Crippen molar-refractivity contribution in [3.63, 3.8) is 0 Å². The summed E-state index contributed by atoms with van der Waals surface area (Å²) in [6, 6.07) is 14.0. The Morgan fingerprint density at radius 3 is 2.96 bits per heavy atom. The first-order chi connectivity index (χ1) is 12.2. The molecule has 126 valence electrons. The van der Waals surface area contributed by atoms with Crippen molar-refractivity contribution in [2.75, 3.05) is 5.73 Å². The summed E-state index contributed by atoms with van der Waals surface area (Å²) < 4.78 is 0. The number of nitrogen functional groups attached to an aromatic ring is 1. The number of thiophene rings is 1. The number of hydrogen-bond acceptors (Lipinski definition) is 5. The normalized spacial score (nSPS) is 16.2. The molecule has 2 aromatic heterocycles. The maximum Gasteiger partial charge on any atom is 0.261 e. The molecule has 0 fully saturated rings. The Hall–Kier alpha value is -2.73. The molecule has 1 amide bonds. The Morgan fingerprint density at radius 2 is 2.08 bits per heavy atom. The number of hydrogen-bond donors (Lipinski definition) is 2. The first-order valence-corrected chi connectivity index (χ1v) is 9.10. The van der Waals surface area contributed by atoms with Gasteiger partial charge in [0.25, 0.3) is 5.91 Å². The standard InChI is InChI=1S/C19H18N4OS/c20-19-21-11-10-15(23-19)16-8-9-17(25-16)18(24)22-14-7-3-5-12-4-1-2-6-13(12)14/h1-2,4,6,8-11,14H,3,5,7H2,(H,22,24)(H2,20,21,23)/t14-/m1/s1. The van der Waals surface area contributed by atoms with Gasteiger partial charge in [-0.25, -0.2) is 9.97 Å². The van der Waals surface area contributed by atoms with Gasteiger partial charge in [-0.2, -0.15) is 0 Å². The van der Waals surface area contributed by atoms with Gasteiger partial charge in [0.15, 0.2) is 0 Å². The fraction of sp³-hybridized carbons (Fsp3) is 0.211. The summed E-state index contributed by atoms with van der Waals surface area (Å²) >= 11 is 1.41. The molecule has 6 heteroatoms. The third-order valence-electron chi connectivity index (χ3n) is 4.43. The second-order valence-corrected chi connectivity index (χ2v) is 7.16. The molecule has 3 aromatic rings. The maximum atomic E-state index is 12.7. The summed E-state index contributed by atoms with van der Waals surface area (Å²) in [5.74, 6) is 0.190. The fourth-order valence-electron chi connectivity index (χ4n) is 3.24. The van der Waals surface area contributed by atoms with Gasteiger partial charge in [0.1, 0.15) is 0 Å². The van der Waals surface area contributed by atoms with E-state index in [9.17, 15) is 4.79 Å². The molecule has 0 radical (unpaired) electrons. The van der Waals surface area contributed by atoms with Gasteiger partial charge in [-0.1, -0.05) is 24.3 Å². The van der Waals surface area contributed by atoms with Gasteiger partial charge in [-0.3, -0.25) is 4.79 Å². The highest BCUT2D eigenvalue weighted by atomic mass is 32.1. The number of aromatic nitrogens is 2. The van der Waals surface area contributed by atoms with Gasteiger partial charge in [-0.05, 0) is 48.6 Å². The number of carbonyl (C=O) groups is 1. The molecule has 0 spiro atoms. The molecule has 0 saturated heterocycles. The molecule has 0 saturated carbocycles. The van der Waals surface area contributed by atoms with Crippen LogP contribution in [-0.4, -0.2) is 15.9 Å². The highest BCUT2D eigenvalue weighted by molar-refractivity contribution is 7.17. The molecule has 0 aliphatic heterocycles. The number of nitrogens with two attached hydrogens (primary N) is 1. The number of rotatable bonds is 3. The first-order valence-electron chi connectivity index (χ1n) is 8.28. The molecule has 2 heterocycles. The molecule has 3 N–H and O–H groups in total. The molecule has 1 aliphatic carbocycles. The SMILES string of the molecule is Nc1nccc(-c2ccc(C(=O)N[C@@H]3CCCc4ccccc43)s2)n1. The zero-order chi connectivity index (χ0) is 17.2. The number of anilines is 1. The number of nitrogens with one attached hydrogen (secondary N) is 1. The molecule has 1 atom stereocenters. The Morgan fingerprint density at radius 1 is 1.20 bits per heavy atom. The minimum absolute atomic E-state index is 0.0417. The number of carbonyl (C=O) groups excluding carboxylic acids is 1. The topological polar surface area (TPSA) is 80.9 Å². The Labute approximate surface area is 149 Å². The number of amides is 1. The van der Waals surface area contributed by atoms with E-state index in [1.54, 1.807) is 12.3 Å². The lowest BCUT2D eigenvalue weighted by Gasteiger charge is -2.26. The van der Waals surface area contributed by atoms with E-state index < -0.39 is 0 Å². The predicted molar refractivity (Wildman–Crippen MR) is 99.3 cm³/mol. The van der Waals surface area contributed by atoms with E-state index >= 15 is 0 Å². The largest absolute Gasteiger partial charge is 0.368 e. The lowest BCUT2D eigenvalue weighted by atomic mass is 9.88. The molecule has 5 nitrogen and oxygen atoms in total. The van der Waals surface area contributed by atoms with Crippen LogP contribution in [0.3, 0.4) is 0 Å². The Balaban J connectivity index is 1.53. The van der Waals surface area contributed by atoms with Gasteiger partial charge < -0.3 is 11.1 Å². The minimum atomic E-state index is -0.0417. The van der Waals surface area contributed by atoms with Crippen LogP contribution in [-0.2, 0) is 6.42 Å². The van der Waals surface area contributed by atoms with E-state index in [1.165, 1.54) is 22.5 Å². The Bertz CT molecular complexity index is 921. The van der Waals surface area contributed by atoms with Crippen molar-refractivity contribution >= 4 is 23.2 Å². The van der Waals surface area contributed by atoms with Crippen LogP contribution < -0.4 is 11.1 Å². The van der Waals surface area contributed by atoms with Crippen molar-refractivity contribution in [2.45, 2.75) is 25.3 Å². The fourth-order valence-corrected chi connectivity index (χ4v) is 4.12. The monoisotopic (exact) mass is 350 g/mol. The average molecular weight is 350 g/mol. The zero-order valence-electron chi connectivity index (χ0n) is 13.6. The Kier molecular flexibility index (Phi) is 4.19. The van der Waals surface area contributed by atoms with E-state index in [2.05, 4.69) is 33.5 Å². The van der Waals surface area contributed by atoms with Crippen molar-refractivity contribution in [1.29, 1.82) is 0 Å². The molecular weight excluding hydrogens is 332 g/mol. The van der Waals surface area contributed by atoms with E-state index in [0.717, 1.165) is 29.8 Å². The maximum absolute atomic E-state index is 12.7. The van der Waals surface area contributed by atoms with Crippen LogP contribution in [0.1, 0.15) is 39.7 Å². The molecule has 1 aliphatic rings. The van der Waals surface area contributed by atoms with E-state index in [1.807, 2.05) is 18.2 Å². The van der Waals surface area contributed by atoms with Crippen LogP contribution in [0.15, 0.2) is 48.7 Å². The van der Waals surface area contributed by atoms with Crippen LogP contribution in [0, 0.1) is 0 Å².